The number of carbonyl (C=O) groups is 1. The first kappa shape index (κ1) is 19.9. The highest BCUT2D eigenvalue weighted by molar-refractivity contribution is 7.89. The van der Waals surface area contributed by atoms with Crippen LogP contribution in [-0.2, 0) is 21.3 Å². The van der Waals surface area contributed by atoms with Crippen LogP contribution >= 0.6 is 0 Å². The number of hydrogen-bond donors (Lipinski definition) is 3. The van der Waals surface area contributed by atoms with E-state index < -0.39 is 22.0 Å². The molecular formula is C18H22N2O5S. The number of carboxylic acid groups (broad SMARTS) is 1. The highest BCUT2D eigenvalue weighted by Crippen LogP contribution is 2.24. The highest BCUT2D eigenvalue weighted by atomic mass is 32.2. The second kappa shape index (κ2) is 8.79. The van der Waals surface area contributed by atoms with Gasteiger partial charge in [-0.15, -0.1) is 0 Å². The fraction of sp³-hybridized carbons (Fsp3) is 0.278. The van der Waals surface area contributed by atoms with Gasteiger partial charge in [-0.25, -0.2) is 17.9 Å². The van der Waals surface area contributed by atoms with Crippen LogP contribution in [0.15, 0.2) is 53.4 Å². The molecule has 0 amide bonds. The Kier molecular flexibility index (Phi) is 6.73. The Morgan fingerprint density at radius 1 is 1.19 bits per heavy atom. The normalized spacial score (nSPS) is 12.5. The third-order valence-electron chi connectivity index (χ3n) is 3.62. The van der Waals surface area contributed by atoms with Crippen LogP contribution in [0.3, 0.4) is 0 Å². The maximum absolute atomic E-state index is 12.7. The van der Waals surface area contributed by atoms with Gasteiger partial charge in [-0.2, -0.15) is 0 Å². The summed E-state index contributed by atoms with van der Waals surface area (Å²) in [6, 6.07) is 13.0. The van der Waals surface area contributed by atoms with Gasteiger partial charge in [-0.1, -0.05) is 30.3 Å². The number of carboxylic acids is 1. The van der Waals surface area contributed by atoms with Crippen molar-refractivity contribution in [3.63, 3.8) is 0 Å². The molecule has 2 rings (SSSR count). The second-order valence-electron chi connectivity index (χ2n) is 5.83. The van der Waals surface area contributed by atoms with E-state index >= 15 is 0 Å². The van der Waals surface area contributed by atoms with Crippen molar-refractivity contribution in [1.82, 2.24) is 4.72 Å². The molecule has 0 bridgehead atoms. The van der Waals surface area contributed by atoms with Crippen LogP contribution in [-0.4, -0.2) is 39.3 Å². The number of hydrogen-bond acceptors (Lipinski definition) is 5. The molecule has 0 fully saturated rings. The molecule has 0 aliphatic heterocycles. The van der Waals surface area contributed by atoms with Crippen LogP contribution in [0.5, 0.6) is 0 Å². The SMILES string of the molecule is COCC(C)NS(=O)(=O)c1cc(C(=O)O)ccc1NCc1ccccc1. The van der Waals surface area contributed by atoms with Crippen LogP contribution in [0.25, 0.3) is 0 Å². The number of anilines is 1. The van der Waals surface area contributed by atoms with Crippen molar-refractivity contribution in [3.05, 3.63) is 59.7 Å². The van der Waals surface area contributed by atoms with Crippen molar-refractivity contribution in [2.45, 2.75) is 24.4 Å². The minimum absolute atomic E-state index is 0.102. The number of aromatic carboxylic acids is 1. The molecule has 0 radical (unpaired) electrons. The Balaban J connectivity index is 2.34. The molecule has 0 spiro atoms. The van der Waals surface area contributed by atoms with E-state index in [1.54, 1.807) is 6.92 Å². The van der Waals surface area contributed by atoms with Gasteiger partial charge in [0.05, 0.1) is 17.9 Å². The van der Waals surface area contributed by atoms with Crippen molar-refractivity contribution in [1.29, 1.82) is 0 Å². The zero-order chi connectivity index (χ0) is 19.2. The molecule has 26 heavy (non-hydrogen) atoms. The van der Waals surface area contributed by atoms with Gasteiger partial charge in [0.1, 0.15) is 4.90 Å². The van der Waals surface area contributed by atoms with Gasteiger partial charge in [-0.05, 0) is 30.7 Å². The summed E-state index contributed by atoms with van der Waals surface area (Å²) in [4.78, 5) is 11.1. The molecular weight excluding hydrogens is 356 g/mol. The van der Waals surface area contributed by atoms with E-state index in [4.69, 9.17) is 4.74 Å². The van der Waals surface area contributed by atoms with E-state index in [2.05, 4.69) is 10.0 Å². The van der Waals surface area contributed by atoms with Gasteiger partial charge >= 0.3 is 5.97 Å². The van der Waals surface area contributed by atoms with Gasteiger partial charge in [0.15, 0.2) is 0 Å². The molecule has 0 saturated carbocycles. The van der Waals surface area contributed by atoms with Crippen molar-refractivity contribution in [3.8, 4) is 0 Å². The zero-order valence-corrected chi connectivity index (χ0v) is 15.4. The minimum Gasteiger partial charge on any atom is -0.478 e. The van der Waals surface area contributed by atoms with Crippen LogP contribution in [0.1, 0.15) is 22.8 Å². The molecule has 0 aliphatic rings. The van der Waals surface area contributed by atoms with E-state index in [0.29, 0.717) is 12.2 Å². The summed E-state index contributed by atoms with van der Waals surface area (Å²) in [6.45, 7) is 2.27. The van der Waals surface area contributed by atoms with Crippen molar-refractivity contribution in [2.24, 2.45) is 0 Å². The summed E-state index contributed by atoms with van der Waals surface area (Å²) in [5.41, 5.74) is 1.20. The first-order valence-electron chi connectivity index (χ1n) is 8.00. The molecule has 140 valence electrons. The third-order valence-corrected chi connectivity index (χ3v) is 5.25. The van der Waals surface area contributed by atoms with E-state index in [0.717, 1.165) is 11.6 Å². The lowest BCUT2D eigenvalue weighted by molar-refractivity contribution is 0.0696. The predicted molar refractivity (Wildman–Crippen MR) is 98.8 cm³/mol. The monoisotopic (exact) mass is 378 g/mol. The molecule has 0 aromatic heterocycles. The molecule has 1 atom stereocenters. The van der Waals surface area contributed by atoms with Crippen molar-refractivity contribution < 1.29 is 23.1 Å². The molecule has 7 nitrogen and oxygen atoms in total. The summed E-state index contributed by atoms with van der Waals surface area (Å²) in [5.74, 6) is -1.19. The number of methoxy groups -OCH3 is 1. The van der Waals surface area contributed by atoms with Gasteiger partial charge in [0.2, 0.25) is 10.0 Å². The van der Waals surface area contributed by atoms with E-state index in [1.165, 1.54) is 19.2 Å². The first-order chi connectivity index (χ1) is 12.3. The van der Waals surface area contributed by atoms with Crippen molar-refractivity contribution >= 4 is 21.7 Å². The summed E-state index contributed by atoms with van der Waals surface area (Å²) in [6.07, 6.45) is 0. The lowest BCUT2D eigenvalue weighted by Crippen LogP contribution is -2.36. The van der Waals surface area contributed by atoms with Gasteiger partial charge in [0, 0.05) is 19.7 Å². The largest absolute Gasteiger partial charge is 0.478 e. The lowest BCUT2D eigenvalue weighted by atomic mass is 10.2. The summed E-state index contributed by atoms with van der Waals surface area (Å²) in [5, 5.41) is 12.2. The quantitative estimate of drug-likeness (QED) is 0.618. The first-order valence-corrected chi connectivity index (χ1v) is 9.48. The molecule has 2 aromatic rings. The Hall–Kier alpha value is -2.42. The second-order valence-corrected chi connectivity index (χ2v) is 7.52. The molecule has 0 aliphatic carbocycles. The summed E-state index contributed by atoms with van der Waals surface area (Å²) < 4.78 is 32.9. The summed E-state index contributed by atoms with van der Waals surface area (Å²) in [7, 11) is -2.45. The average Bonchev–Trinajstić information content (AvgIpc) is 2.60. The van der Waals surface area contributed by atoms with Gasteiger partial charge in [-0.3, -0.25) is 0 Å². The van der Waals surface area contributed by atoms with Crippen LogP contribution < -0.4 is 10.0 Å². The molecule has 0 heterocycles. The number of sulfonamides is 1. The van der Waals surface area contributed by atoms with Gasteiger partial charge < -0.3 is 15.2 Å². The molecule has 8 heteroatoms. The van der Waals surface area contributed by atoms with Crippen LogP contribution in [0.4, 0.5) is 5.69 Å². The van der Waals surface area contributed by atoms with Crippen LogP contribution in [0, 0.1) is 0 Å². The smallest absolute Gasteiger partial charge is 0.335 e. The summed E-state index contributed by atoms with van der Waals surface area (Å²) >= 11 is 0. The van der Waals surface area contributed by atoms with E-state index in [1.807, 2.05) is 30.3 Å². The number of rotatable bonds is 9. The van der Waals surface area contributed by atoms with Gasteiger partial charge in [0.25, 0.3) is 0 Å². The minimum atomic E-state index is -3.93. The molecule has 0 saturated heterocycles. The highest BCUT2D eigenvalue weighted by Gasteiger charge is 2.23. The fourth-order valence-corrected chi connectivity index (χ4v) is 3.87. The zero-order valence-electron chi connectivity index (χ0n) is 14.6. The standard InChI is InChI=1S/C18H22N2O5S/c1-13(12-25-2)20-26(23,24)17-10-15(18(21)22)8-9-16(17)19-11-14-6-4-3-5-7-14/h3-10,13,19-20H,11-12H2,1-2H3,(H,21,22). The molecule has 1 unspecified atom stereocenters. The number of nitrogens with one attached hydrogen (secondary N) is 2. The third kappa shape index (κ3) is 5.29. The van der Waals surface area contributed by atoms with E-state index in [9.17, 15) is 18.3 Å². The lowest BCUT2D eigenvalue weighted by Gasteiger charge is -2.17. The Morgan fingerprint density at radius 2 is 1.88 bits per heavy atom. The topological polar surface area (TPSA) is 105 Å². The number of ether oxygens (including phenoxy) is 1. The Morgan fingerprint density at radius 3 is 2.50 bits per heavy atom. The van der Waals surface area contributed by atoms with Crippen molar-refractivity contribution in [2.75, 3.05) is 19.0 Å². The maximum Gasteiger partial charge on any atom is 0.335 e. The number of benzene rings is 2. The van der Waals surface area contributed by atoms with Crippen LogP contribution in [0.2, 0.25) is 0 Å². The average molecular weight is 378 g/mol. The Bertz CT molecular complexity index is 853. The molecule has 3 N–H and O–H groups in total. The predicted octanol–water partition coefficient (Wildman–Crippen LogP) is 2.31. The Labute approximate surface area is 153 Å². The maximum atomic E-state index is 12.7. The molecule has 2 aromatic carbocycles. The van der Waals surface area contributed by atoms with E-state index in [-0.39, 0.29) is 17.1 Å². The fourth-order valence-electron chi connectivity index (χ4n) is 2.43.